The Hall–Kier alpha value is -1.93. The van der Waals surface area contributed by atoms with Gasteiger partial charge in [0, 0.05) is 24.7 Å². The quantitative estimate of drug-likeness (QED) is 0.784. The molecule has 26 heavy (non-hydrogen) atoms. The number of carboxylic acids is 1. The molecule has 1 aliphatic rings. The van der Waals surface area contributed by atoms with Crippen LogP contribution < -0.4 is 5.32 Å². The standard InChI is InChI=1S/C18H26N2O5S/c1-13-6-4-5-11-20(13)26(24,25)15-9-7-14(8-10-15)16(21)19-12-18(2,3)17(22)23/h7-10,13H,4-6,11-12H2,1-3H3,(H,19,21)(H,22,23). The predicted molar refractivity (Wildman–Crippen MR) is 97.4 cm³/mol. The largest absolute Gasteiger partial charge is 0.481 e. The van der Waals surface area contributed by atoms with E-state index in [0.29, 0.717) is 6.54 Å². The first-order valence-electron chi connectivity index (χ1n) is 8.69. The van der Waals surface area contributed by atoms with E-state index in [-0.39, 0.29) is 23.0 Å². The highest BCUT2D eigenvalue weighted by atomic mass is 32.2. The molecule has 0 aromatic heterocycles. The van der Waals surface area contributed by atoms with Crippen LogP contribution in [-0.4, -0.2) is 48.8 Å². The van der Waals surface area contributed by atoms with Gasteiger partial charge in [-0.25, -0.2) is 8.42 Å². The molecule has 0 radical (unpaired) electrons. The maximum absolute atomic E-state index is 12.8. The number of carboxylic acid groups (broad SMARTS) is 1. The number of nitrogens with zero attached hydrogens (tertiary/aromatic N) is 1. The van der Waals surface area contributed by atoms with Crippen molar-refractivity contribution in [2.24, 2.45) is 5.41 Å². The lowest BCUT2D eigenvalue weighted by molar-refractivity contribution is -0.146. The molecule has 8 heteroatoms. The lowest BCUT2D eigenvalue weighted by Crippen LogP contribution is -2.41. The average molecular weight is 382 g/mol. The zero-order valence-electron chi connectivity index (χ0n) is 15.4. The summed E-state index contributed by atoms with van der Waals surface area (Å²) in [5.41, 5.74) is -0.791. The Bertz CT molecular complexity index is 771. The van der Waals surface area contributed by atoms with E-state index >= 15 is 0 Å². The minimum Gasteiger partial charge on any atom is -0.481 e. The molecule has 1 aromatic carbocycles. The number of hydrogen-bond donors (Lipinski definition) is 2. The van der Waals surface area contributed by atoms with Gasteiger partial charge >= 0.3 is 5.97 Å². The molecular weight excluding hydrogens is 356 g/mol. The summed E-state index contributed by atoms with van der Waals surface area (Å²) in [5, 5.41) is 11.6. The first kappa shape index (κ1) is 20.4. The second kappa shape index (κ2) is 7.75. The third-order valence-corrected chi connectivity index (χ3v) is 6.76. The number of carbonyl (C=O) groups excluding carboxylic acids is 1. The zero-order valence-corrected chi connectivity index (χ0v) is 16.2. The van der Waals surface area contributed by atoms with Crippen LogP contribution >= 0.6 is 0 Å². The molecule has 1 atom stereocenters. The van der Waals surface area contributed by atoms with Crippen LogP contribution in [-0.2, 0) is 14.8 Å². The number of benzene rings is 1. The lowest BCUT2D eigenvalue weighted by atomic mass is 9.94. The summed E-state index contributed by atoms with van der Waals surface area (Å²) < 4.78 is 27.1. The summed E-state index contributed by atoms with van der Waals surface area (Å²) in [6, 6.07) is 5.71. The topological polar surface area (TPSA) is 104 Å². The highest BCUT2D eigenvalue weighted by molar-refractivity contribution is 7.89. The molecule has 1 aromatic rings. The van der Waals surface area contributed by atoms with Crippen molar-refractivity contribution in [1.82, 2.24) is 9.62 Å². The van der Waals surface area contributed by atoms with E-state index in [4.69, 9.17) is 5.11 Å². The normalized spacial score (nSPS) is 19.1. The fourth-order valence-corrected chi connectivity index (χ4v) is 4.52. The Kier molecular flexibility index (Phi) is 6.08. The molecule has 2 N–H and O–H groups in total. The molecular formula is C18H26N2O5S. The Morgan fingerprint density at radius 1 is 1.23 bits per heavy atom. The summed E-state index contributed by atoms with van der Waals surface area (Å²) in [5.74, 6) is -1.44. The van der Waals surface area contributed by atoms with E-state index in [0.717, 1.165) is 19.3 Å². The van der Waals surface area contributed by atoms with Crippen molar-refractivity contribution in [3.05, 3.63) is 29.8 Å². The van der Waals surface area contributed by atoms with Crippen molar-refractivity contribution < 1.29 is 23.1 Å². The highest BCUT2D eigenvalue weighted by Gasteiger charge is 2.31. The molecule has 0 aliphatic carbocycles. The number of amides is 1. The van der Waals surface area contributed by atoms with Gasteiger partial charge in [0.05, 0.1) is 10.3 Å². The molecule has 0 saturated carbocycles. The number of hydrogen-bond acceptors (Lipinski definition) is 4. The van der Waals surface area contributed by atoms with E-state index in [1.165, 1.54) is 42.4 Å². The van der Waals surface area contributed by atoms with Gasteiger partial charge in [0.25, 0.3) is 5.91 Å². The summed E-state index contributed by atoms with van der Waals surface area (Å²) in [7, 11) is -3.58. The molecule has 2 rings (SSSR count). The minimum atomic E-state index is -3.58. The third-order valence-electron chi connectivity index (χ3n) is 4.73. The van der Waals surface area contributed by atoms with Crippen molar-refractivity contribution in [2.45, 2.75) is 51.0 Å². The number of nitrogens with one attached hydrogen (secondary N) is 1. The van der Waals surface area contributed by atoms with Crippen LogP contribution in [0.2, 0.25) is 0 Å². The van der Waals surface area contributed by atoms with Gasteiger partial charge in [0.15, 0.2) is 0 Å². The molecule has 0 spiro atoms. The fraction of sp³-hybridized carbons (Fsp3) is 0.556. The van der Waals surface area contributed by atoms with E-state index in [1.807, 2.05) is 6.92 Å². The van der Waals surface area contributed by atoms with Gasteiger partial charge in [-0.2, -0.15) is 4.31 Å². The van der Waals surface area contributed by atoms with Crippen LogP contribution in [0.4, 0.5) is 0 Å². The molecule has 1 aliphatic heterocycles. The second-order valence-corrected chi connectivity index (χ2v) is 9.25. The summed E-state index contributed by atoms with van der Waals surface area (Å²) in [6.07, 6.45) is 2.72. The zero-order chi connectivity index (χ0) is 19.5. The van der Waals surface area contributed by atoms with Crippen molar-refractivity contribution in [1.29, 1.82) is 0 Å². The predicted octanol–water partition coefficient (Wildman–Crippen LogP) is 2.09. The molecule has 7 nitrogen and oxygen atoms in total. The maximum Gasteiger partial charge on any atom is 0.310 e. The van der Waals surface area contributed by atoms with Crippen LogP contribution in [0.3, 0.4) is 0 Å². The summed E-state index contributed by atoms with van der Waals surface area (Å²) >= 11 is 0. The van der Waals surface area contributed by atoms with Crippen LogP contribution in [0, 0.1) is 5.41 Å². The van der Waals surface area contributed by atoms with E-state index in [9.17, 15) is 18.0 Å². The van der Waals surface area contributed by atoms with Gasteiger partial charge in [-0.3, -0.25) is 9.59 Å². The van der Waals surface area contributed by atoms with Crippen molar-refractivity contribution >= 4 is 21.9 Å². The molecule has 1 amide bonds. The van der Waals surface area contributed by atoms with E-state index in [2.05, 4.69) is 5.32 Å². The highest BCUT2D eigenvalue weighted by Crippen LogP contribution is 2.25. The molecule has 144 valence electrons. The van der Waals surface area contributed by atoms with Gasteiger partial charge in [-0.15, -0.1) is 0 Å². The number of piperidine rings is 1. The fourth-order valence-electron chi connectivity index (χ4n) is 2.82. The van der Waals surface area contributed by atoms with Crippen molar-refractivity contribution in [3.8, 4) is 0 Å². The van der Waals surface area contributed by atoms with Crippen molar-refractivity contribution in [2.75, 3.05) is 13.1 Å². The van der Waals surface area contributed by atoms with Crippen LogP contribution in [0.5, 0.6) is 0 Å². The molecule has 1 saturated heterocycles. The Labute approximate surface area is 154 Å². The average Bonchev–Trinajstić information content (AvgIpc) is 2.60. The van der Waals surface area contributed by atoms with Crippen LogP contribution in [0.25, 0.3) is 0 Å². The Morgan fingerprint density at radius 3 is 2.38 bits per heavy atom. The number of aliphatic carboxylic acids is 1. The molecule has 0 bridgehead atoms. The molecule has 1 heterocycles. The molecule has 1 fully saturated rings. The maximum atomic E-state index is 12.8. The number of sulfonamides is 1. The van der Waals surface area contributed by atoms with E-state index in [1.54, 1.807) is 0 Å². The summed E-state index contributed by atoms with van der Waals surface area (Å²) in [6.45, 7) is 5.43. The first-order valence-corrected chi connectivity index (χ1v) is 10.1. The first-order chi connectivity index (χ1) is 12.1. The Balaban J connectivity index is 2.10. The summed E-state index contributed by atoms with van der Waals surface area (Å²) in [4.78, 5) is 23.4. The lowest BCUT2D eigenvalue weighted by Gasteiger charge is -2.32. The van der Waals surface area contributed by atoms with Gasteiger partial charge < -0.3 is 10.4 Å². The van der Waals surface area contributed by atoms with Gasteiger partial charge in [0.2, 0.25) is 10.0 Å². The minimum absolute atomic E-state index is 0.0213. The second-order valence-electron chi connectivity index (χ2n) is 7.36. The van der Waals surface area contributed by atoms with Gasteiger partial charge in [-0.05, 0) is 57.9 Å². The van der Waals surface area contributed by atoms with E-state index < -0.39 is 27.3 Å². The SMILES string of the molecule is CC1CCCCN1S(=O)(=O)c1ccc(C(=O)NCC(C)(C)C(=O)O)cc1. The number of rotatable bonds is 6. The number of carbonyl (C=O) groups is 2. The monoisotopic (exact) mass is 382 g/mol. The van der Waals surface area contributed by atoms with Gasteiger partial charge in [-0.1, -0.05) is 6.42 Å². The van der Waals surface area contributed by atoms with Crippen LogP contribution in [0.15, 0.2) is 29.2 Å². The van der Waals surface area contributed by atoms with Gasteiger partial charge in [0.1, 0.15) is 0 Å². The van der Waals surface area contributed by atoms with Crippen molar-refractivity contribution in [3.63, 3.8) is 0 Å². The van der Waals surface area contributed by atoms with Crippen LogP contribution in [0.1, 0.15) is 50.4 Å². The Morgan fingerprint density at radius 2 is 1.85 bits per heavy atom. The molecule has 1 unspecified atom stereocenters. The third kappa shape index (κ3) is 4.42. The smallest absolute Gasteiger partial charge is 0.310 e.